The Labute approximate surface area is 132 Å². The molecular formula is C13H24Cl2N4O. The third-order valence-electron chi connectivity index (χ3n) is 3.33. The number of carbonyl (C=O) groups excluding carboxylic acids is 1. The number of carbonyl (C=O) groups is 1. The molecule has 2 rings (SSSR count). The summed E-state index contributed by atoms with van der Waals surface area (Å²) in [5, 5.41) is 6.44. The van der Waals surface area contributed by atoms with E-state index >= 15 is 0 Å². The molecule has 2 atom stereocenters. The molecule has 0 radical (unpaired) electrons. The van der Waals surface area contributed by atoms with Crippen molar-refractivity contribution in [2.24, 2.45) is 0 Å². The summed E-state index contributed by atoms with van der Waals surface area (Å²) in [6.07, 6.45) is 9.44. The fourth-order valence-electron chi connectivity index (χ4n) is 2.41. The molecule has 1 amide bonds. The molecule has 116 valence electrons. The highest BCUT2D eigenvalue weighted by atomic mass is 35.5. The molecule has 7 heteroatoms. The molecule has 2 unspecified atom stereocenters. The number of imidazole rings is 1. The summed E-state index contributed by atoms with van der Waals surface area (Å²) in [6.45, 7) is 3.89. The first kappa shape index (κ1) is 19.2. The van der Waals surface area contributed by atoms with E-state index in [1.165, 1.54) is 12.8 Å². The van der Waals surface area contributed by atoms with Crippen molar-refractivity contribution in [2.45, 2.75) is 51.2 Å². The van der Waals surface area contributed by atoms with E-state index in [-0.39, 0.29) is 36.8 Å². The van der Waals surface area contributed by atoms with Gasteiger partial charge in [-0.05, 0) is 32.7 Å². The molecule has 2 N–H and O–H groups in total. The number of rotatable bonds is 6. The average Bonchev–Trinajstić information content (AvgIpc) is 2.98. The number of nitrogens with zero attached hydrogens (tertiary/aromatic N) is 2. The molecule has 0 aromatic carbocycles. The van der Waals surface area contributed by atoms with Gasteiger partial charge in [-0.25, -0.2) is 4.98 Å². The van der Waals surface area contributed by atoms with Gasteiger partial charge < -0.3 is 15.2 Å². The molecule has 1 aromatic rings. The van der Waals surface area contributed by atoms with Gasteiger partial charge in [0, 0.05) is 37.4 Å². The Hall–Kier alpha value is -0.780. The molecule has 0 saturated carbocycles. The van der Waals surface area contributed by atoms with Crippen molar-refractivity contribution >= 4 is 30.7 Å². The molecule has 1 aliphatic heterocycles. The third-order valence-corrected chi connectivity index (χ3v) is 3.33. The van der Waals surface area contributed by atoms with E-state index in [4.69, 9.17) is 0 Å². The smallest absolute Gasteiger partial charge is 0.220 e. The van der Waals surface area contributed by atoms with Crippen molar-refractivity contribution in [2.75, 3.05) is 6.54 Å². The van der Waals surface area contributed by atoms with Crippen molar-refractivity contribution < 1.29 is 4.79 Å². The topological polar surface area (TPSA) is 59.0 Å². The van der Waals surface area contributed by atoms with Crippen molar-refractivity contribution in [1.82, 2.24) is 20.2 Å². The molecule has 2 heterocycles. The van der Waals surface area contributed by atoms with Crippen LogP contribution in [0.5, 0.6) is 0 Å². The van der Waals surface area contributed by atoms with E-state index in [9.17, 15) is 4.79 Å². The van der Waals surface area contributed by atoms with Gasteiger partial charge in [0.25, 0.3) is 0 Å². The van der Waals surface area contributed by atoms with E-state index < -0.39 is 0 Å². The first-order valence-electron chi connectivity index (χ1n) is 6.72. The molecule has 5 nitrogen and oxygen atoms in total. The van der Waals surface area contributed by atoms with Gasteiger partial charge in [-0.15, -0.1) is 24.8 Å². The van der Waals surface area contributed by atoms with Crippen molar-refractivity contribution in [3.63, 3.8) is 0 Å². The maximum atomic E-state index is 11.8. The predicted molar refractivity (Wildman–Crippen MR) is 84.6 cm³/mol. The highest BCUT2D eigenvalue weighted by Crippen LogP contribution is 2.10. The second kappa shape index (κ2) is 10.0. The number of halogens is 2. The van der Waals surface area contributed by atoms with Crippen LogP contribution in [0.2, 0.25) is 0 Å². The number of nitrogens with one attached hydrogen (secondary N) is 2. The Morgan fingerprint density at radius 2 is 2.35 bits per heavy atom. The normalized spacial score (nSPS) is 18.8. The van der Waals surface area contributed by atoms with Crippen molar-refractivity contribution in [3.05, 3.63) is 18.7 Å². The summed E-state index contributed by atoms with van der Waals surface area (Å²) in [5.74, 6) is 0.149. The molecule has 1 saturated heterocycles. The van der Waals surface area contributed by atoms with Crippen LogP contribution in [0.15, 0.2) is 18.7 Å². The molecule has 0 bridgehead atoms. The molecule has 0 spiro atoms. The van der Waals surface area contributed by atoms with Crippen molar-refractivity contribution in [1.29, 1.82) is 0 Å². The van der Waals surface area contributed by atoms with Gasteiger partial charge >= 0.3 is 0 Å². The van der Waals surface area contributed by atoms with Gasteiger partial charge in [-0.1, -0.05) is 0 Å². The standard InChI is InChI=1S/C13H22N4O.2ClH/c1-11(9-17-8-7-14-10-17)16-13(18)5-4-12-3-2-6-15-12;;/h7-8,10-12,15H,2-6,9H2,1H3,(H,16,18);2*1H. The largest absolute Gasteiger partial charge is 0.352 e. The Morgan fingerprint density at radius 1 is 1.55 bits per heavy atom. The number of aromatic nitrogens is 2. The molecule has 1 aliphatic rings. The van der Waals surface area contributed by atoms with E-state index in [1.54, 1.807) is 12.5 Å². The van der Waals surface area contributed by atoms with E-state index in [2.05, 4.69) is 15.6 Å². The zero-order valence-corrected chi connectivity index (χ0v) is 13.4. The minimum Gasteiger partial charge on any atom is -0.352 e. The predicted octanol–water partition coefficient (Wildman–Crippen LogP) is 1.76. The fraction of sp³-hybridized carbons (Fsp3) is 0.692. The van der Waals surface area contributed by atoms with Gasteiger partial charge in [-0.3, -0.25) is 4.79 Å². The highest BCUT2D eigenvalue weighted by Gasteiger charge is 2.15. The second-order valence-electron chi connectivity index (χ2n) is 5.06. The van der Waals surface area contributed by atoms with Crippen LogP contribution >= 0.6 is 24.8 Å². The summed E-state index contributed by atoms with van der Waals surface area (Å²) in [7, 11) is 0. The lowest BCUT2D eigenvalue weighted by molar-refractivity contribution is -0.121. The fourth-order valence-corrected chi connectivity index (χ4v) is 2.41. The number of hydrogen-bond acceptors (Lipinski definition) is 3. The van der Waals surface area contributed by atoms with E-state index in [0.29, 0.717) is 12.5 Å². The van der Waals surface area contributed by atoms with Crippen LogP contribution in [0.25, 0.3) is 0 Å². The quantitative estimate of drug-likeness (QED) is 0.839. The van der Waals surface area contributed by atoms with Gasteiger partial charge in [0.1, 0.15) is 0 Å². The lowest BCUT2D eigenvalue weighted by atomic mass is 10.1. The molecular weight excluding hydrogens is 299 g/mol. The van der Waals surface area contributed by atoms with Crippen molar-refractivity contribution in [3.8, 4) is 0 Å². The summed E-state index contributed by atoms with van der Waals surface area (Å²) < 4.78 is 1.98. The Balaban J connectivity index is 0.00000180. The zero-order valence-electron chi connectivity index (χ0n) is 11.7. The van der Waals surface area contributed by atoms with Crippen LogP contribution in [-0.4, -0.2) is 34.1 Å². The first-order chi connectivity index (χ1) is 8.74. The zero-order chi connectivity index (χ0) is 12.8. The molecule has 20 heavy (non-hydrogen) atoms. The SMILES string of the molecule is CC(Cn1ccnc1)NC(=O)CCC1CCCN1.Cl.Cl. The lowest BCUT2D eigenvalue weighted by Gasteiger charge is -2.15. The minimum atomic E-state index is 0. The number of hydrogen-bond donors (Lipinski definition) is 2. The van der Waals surface area contributed by atoms with Gasteiger partial charge in [0.15, 0.2) is 0 Å². The monoisotopic (exact) mass is 322 g/mol. The first-order valence-corrected chi connectivity index (χ1v) is 6.72. The summed E-state index contributed by atoms with van der Waals surface area (Å²) in [6, 6.07) is 0.683. The van der Waals surface area contributed by atoms with Gasteiger partial charge in [0.2, 0.25) is 5.91 Å². The highest BCUT2D eigenvalue weighted by molar-refractivity contribution is 5.85. The van der Waals surface area contributed by atoms with Gasteiger partial charge in [-0.2, -0.15) is 0 Å². The Morgan fingerprint density at radius 3 is 2.95 bits per heavy atom. The third kappa shape index (κ3) is 6.59. The van der Waals surface area contributed by atoms with E-state index in [1.807, 2.05) is 17.7 Å². The molecule has 1 aromatic heterocycles. The van der Waals surface area contributed by atoms with Crippen LogP contribution in [-0.2, 0) is 11.3 Å². The number of amides is 1. The van der Waals surface area contributed by atoms with Crippen LogP contribution in [0.3, 0.4) is 0 Å². The van der Waals surface area contributed by atoms with Crippen LogP contribution in [0.1, 0.15) is 32.6 Å². The van der Waals surface area contributed by atoms with Gasteiger partial charge in [0.05, 0.1) is 6.33 Å². The summed E-state index contributed by atoms with van der Waals surface area (Å²) in [5.41, 5.74) is 0. The Kier molecular flexibility index (Phi) is 9.63. The minimum absolute atomic E-state index is 0. The van der Waals surface area contributed by atoms with Crippen LogP contribution in [0, 0.1) is 0 Å². The van der Waals surface area contributed by atoms with Crippen LogP contribution < -0.4 is 10.6 Å². The second-order valence-corrected chi connectivity index (χ2v) is 5.06. The van der Waals surface area contributed by atoms with E-state index in [0.717, 1.165) is 19.5 Å². The Bertz CT molecular complexity index is 366. The summed E-state index contributed by atoms with van der Waals surface area (Å²) >= 11 is 0. The lowest BCUT2D eigenvalue weighted by Crippen LogP contribution is -2.36. The maximum Gasteiger partial charge on any atom is 0.220 e. The van der Waals surface area contributed by atoms with Crippen LogP contribution in [0.4, 0.5) is 0 Å². The summed E-state index contributed by atoms with van der Waals surface area (Å²) in [4.78, 5) is 15.8. The maximum absolute atomic E-state index is 11.8. The average molecular weight is 323 g/mol. The molecule has 1 fully saturated rings. The molecule has 0 aliphatic carbocycles.